The van der Waals surface area contributed by atoms with Gasteiger partial charge in [0.25, 0.3) is 0 Å². The van der Waals surface area contributed by atoms with Crippen LogP contribution in [0.4, 0.5) is 16.3 Å². The molecule has 0 radical (unpaired) electrons. The van der Waals surface area contributed by atoms with Crippen molar-refractivity contribution in [2.75, 3.05) is 36.8 Å². The van der Waals surface area contributed by atoms with Gasteiger partial charge in [0.15, 0.2) is 0 Å². The second-order valence-electron chi connectivity index (χ2n) is 6.72. The maximum atomic E-state index is 12.2. The Labute approximate surface area is 132 Å². The molecule has 0 saturated carbocycles. The van der Waals surface area contributed by atoms with Crippen LogP contribution in [0.3, 0.4) is 0 Å². The van der Waals surface area contributed by atoms with Crippen LogP contribution in [0.15, 0.2) is 12.3 Å². The summed E-state index contributed by atoms with van der Waals surface area (Å²) in [5.41, 5.74) is 7.03. The van der Waals surface area contributed by atoms with Crippen LogP contribution < -0.4 is 10.6 Å². The predicted molar refractivity (Wildman–Crippen MR) is 88.0 cm³/mol. The van der Waals surface area contributed by atoms with Crippen LogP contribution in [0, 0.1) is 6.92 Å². The summed E-state index contributed by atoms with van der Waals surface area (Å²) in [5, 5.41) is 0. The fraction of sp³-hybridized carbons (Fsp3) is 0.625. The summed E-state index contributed by atoms with van der Waals surface area (Å²) in [7, 11) is 0. The molecule has 1 fully saturated rings. The van der Waals surface area contributed by atoms with Crippen LogP contribution in [0.25, 0.3) is 0 Å². The van der Waals surface area contributed by atoms with Crippen molar-refractivity contribution in [1.82, 2.24) is 9.88 Å². The molecular weight excluding hydrogens is 280 g/mol. The monoisotopic (exact) mass is 306 g/mol. The third-order valence-electron chi connectivity index (χ3n) is 3.52. The molecule has 1 aliphatic rings. The molecule has 0 aromatic carbocycles. The summed E-state index contributed by atoms with van der Waals surface area (Å²) >= 11 is 0. The highest BCUT2D eigenvalue weighted by Gasteiger charge is 2.25. The molecule has 1 amide bonds. The number of carbonyl (C=O) groups is 1. The highest BCUT2D eigenvalue weighted by Crippen LogP contribution is 2.21. The minimum atomic E-state index is -0.460. The Morgan fingerprint density at radius 2 is 2.00 bits per heavy atom. The van der Waals surface area contributed by atoms with Gasteiger partial charge in [-0.15, -0.1) is 0 Å². The fourth-order valence-corrected chi connectivity index (χ4v) is 2.56. The maximum absolute atomic E-state index is 12.2. The zero-order valence-corrected chi connectivity index (χ0v) is 13.9. The Kier molecular flexibility index (Phi) is 4.78. The Bertz CT molecular complexity index is 539. The van der Waals surface area contributed by atoms with Crippen molar-refractivity contribution < 1.29 is 9.53 Å². The Hall–Kier alpha value is -1.98. The number of hydrogen-bond donors (Lipinski definition) is 1. The van der Waals surface area contributed by atoms with E-state index in [1.165, 1.54) is 0 Å². The van der Waals surface area contributed by atoms with Crippen LogP contribution in [0.5, 0.6) is 0 Å². The first-order valence-corrected chi connectivity index (χ1v) is 7.71. The normalized spacial score (nSPS) is 16.4. The SMILES string of the molecule is Cc1cc(N)cnc1N1CCCN(C(=O)OC(C)(C)C)CC1. The van der Waals surface area contributed by atoms with E-state index in [-0.39, 0.29) is 6.09 Å². The largest absolute Gasteiger partial charge is 0.444 e. The summed E-state index contributed by atoms with van der Waals surface area (Å²) in [6.07, 6.45) is 2.33. The number of nitrogen functional groups attached to an aromatic ring is 1. The minimum absolute atomic E-state index is 0.240. The van der Waals surface area contributed by atoms with E-state index in [9.17, 15) is 4.79 Å². The molecule has 1 aromatic heterocycles. The molecule has 1 aliphatic heterocycles. The molecule has 1 saturated heterocycles. The molecule has 122 valence electrons. The van der Waals surface area contributed by atoms with Gasteiger partial charge in [0.05, 0.1) is 11.9 Å². The molecule has 0 atom stereocenters. The molecule has 0 aliphatic carbocycles. The van der Waals surface area contributed by atoms with Crippen LogP contribution in [0.1, 0.15) is 32.8 Å². The average molecular weight is 306 g/mol. The molecule has 0 unspecified atom stereocenters. The van der Waals surface area contributed by atoms with E-state index in [4.69, 9.17) is 10.5 Å². The van der Waals surface area contributed by atoms with E-state index >= 15 is 0 Å². The lowest BCUT2D eigenvalue weighted by Crippen LogP contribution is -2.39. The van der Waals surface area contributed by atoms with Crippen LogP contribution in [-0.4, -0.2) is 47.8 Å². The summed E-state index contributed by atoms with van der Waals surface area (Å²) in [6.45, 7) is 10.6. The lowest BCUT2D eigenvalue weighted by Gasteiger charge is -2.27. The van der Waals surface area contributed by atoms with Gasteiger partial charge in [-0.05, 0) is 45.7 Å². The smallest absolute Gasteiger partial charge is 0.410 e. The van der Waals surface area contributed by atoms with Crippen molar-refractivity contribution in [3.63, 3.8) is 0 Å². The fourth-order valence-electron chi connectivity index (χ4n) is 2.56. The first-order valence-electron chi connectivity index (χ1n) is 7.71. The number of anilines is 2. The summed E-state index contributed by atoms with van der Waals surface area (Å²) in [5.74, 6) is 0.945. The number of ether oxygens (including phenoxy) is 1. The lowest BCUT2D eigenvalue weighted by molar-refractivity contribution is 0.0263. The molecule has 1 aromatic rings. The highest BCUT2D eigenvalue weighted by atomic mass is 16.6. The molecular formula is C16H26N4O2. The maximum Gasteiger partial charge on any atom is 0.410 e. The molecule has 2 N–H and O–H groups in total. The summed E-state index contributed by atoms with van der Waals surface area (Å²) in [6, 6.07) is 1.93. The Morgan fingerprint density at radius 3 is 2.64 bits per heavy atom. The van der Waals surface area contributed by atoms with Gasteiger partial charge in [-0.3, -0.25) is 0 Å². The van der Waals surface area contributed by atoms with E-state index in [0.717, 1.165) is 30.9 Å². The third kappa shape index (κ3) is 4.26. The average Bonchev–Trinajstić information content (AvgIpc) is 2.62. The van der Waals surface area contributed by atoms with Gasteiger partial charge in [-0.2, -0.15) is 0 Å². The topological polar surface area (TPSA) is 71.7 Å². The van der Waals surface area contributed by atoms with Crippen molar-refractivity contribution in [1.29, 1.82) is 0 Å². The highest BCUT2D eigenvalue weighted by molar-refractivity contribution is 5.68. The number of carbonyl (C=O) groups excluding carboxylic acids is 1. The van der Waals surface area contributed by atoms with Crippen molar-refractivity contribution in [3.05, 3.63) is 17.8 Å². The third-order valence-corrected chi connectivity index (χ3v) is 3.52. The second-order valence-corrected chi connectivity index (χ2v) is 6.72. The standard InChI is InChI=1S/C16H26N4O2/c1-12-10-13(17)11-18-14(12)19-6-5-7-20(9-8-19)15(21)22-16(2,3)4/h10-11H,5-9,17H2,1-4H3. The zero-order valence-electron chi connectivity index (χ0n) is 13.9. The van der Waals surface area contributed by atoms with E-state index in [0.29, 0.717) is 18.8 Å². The number of nitrogens with zero attached hydrogens (tertiary/aromatic N) is 3. The van der Waals surface area contributed by atoms with E-state index in [1.54, 1.807) is 11.1 Å². The molecule has 6 heteroatoms. The number of rotatable bonds is 1. The molecule has 2 heterocycles. The van der Waals surface area contributed by atoms with E-state index in [2.05, 4.69) is 9.88 Å². The van der Waals surface area contributed by atoms with Gasteiger partial charge in [-0.1, -0.05) is 0 Å². The van der Waals surface area contributed by atoms with Crippen LogP contribution in [0.2, 0.25) is 0 Å². The van der Waals surface area contributed by atoms with Gasteiger partial charge < -0.3 is 20.3 Å². The van der Waals surface area contributed by atoms with Crippen molar-refractivity contribution in [3.8, 4) is 0 Å². The number of aromatic nitrogens is 1. The molecule has 2 rings (SSSR count). The number of nitrogens with two attached hydrogens (primary N) is 1. The van der Waals surface area contributed by atoms with Gasteiger partial charge in [0, 0.05) is 26.2 Å². The lowest BCUT2D eigenvalue weighted by atomic mass is 10.2. The zero-order chi connectivity index (χ0) is 16.3. The minimum Gasteiger partial charge on any atom is -0.444 e. The first kappa shape index (κ1) is 16.4. The van der Waals surface area contributed by atoms with Crippen LogP contribution >= 0.6 is 0 Å². The van der Waals surface area contributed by atoms with E-state index in [1.807, 2.05) is 33.8 Å². The molecule has 0 spiro atoms. The van der Waals surface area contributed by atoms with Crippen molar-refractivity contribution >= 4 is 17.6 Å². The van der Waals surface area contributed by atoms with Crippen molar-refractivity contribution in [2.45, 2.75) is 39.7 Å². The van der Waals surface area contributed by atoms with Gasteiger partial charge >= 0.3 is 6.09 Å². The van der Waals surface area contributed by atoms with Gasteiger partial charge in [-0.25, -0.2) is 9.78 Å². The number of aryl methyl sites for hydroxylation is 1. The number of hydrogen-bond acceptors (Lipinski definition) is 5. The van der Waals surface area contributed by atoms with Gasteiger partial charge in [0.1, 0.15) is 11.4 Å². The number of amides is 1. The van der Waals surface area contributed by atoms with Crippen molar-refractivity contribution in [2.24, 2.45) is 0 Å². The quantitative estimate of drug-likeness (QED) is 0.862. The molecule has 22 heavy (non-hydrogen) atoms. The molecule has 0 bridgehead atoms. The molecule has 6 nitrogen and oxygen atoms in total. The summed E-state index contributed by atoms with van der Waals surface area (Å²) in [4.78, 5) is 20.6. The Balaban J connectivity index is 2.02. The second kappa shape index (κ2) is 6.42. The Morgan fingerprint density at radius 1 is 1.27 bits per heavy atom. The van der Waals surface area contributed by atoms with Gasteiger partial charge in [0.2, 0.25) is 0 Å². The predicted octanol–water partition coefficient (Wildman–Crippen LogP) is 2.42. The van der Waals surface area contributed by atoms with E-state index < -0.39 is 5.60 Å². The summed E-state index contributed by atoms with van der Waals surface area (Å²) < 4.78 is 5.45. The number of pyridine rings is 1. The first-order chi connectivity index (χ1) is 10.3. The van der Waals surface area contributed by atoms with Crippen LogP contribution in [-0.2, 0) is 4.74 Å².